The van der Waals surface area contributed by atoms with E-state index in [4.69, 9.17) is 0 Å². The second kappa shape index (κ2) is 3.79. The quantitative estimate of drug-likeness (QED) is 0.815. The van der Waals surface area contributed by atoms with Crippen LogP contribution in [0.15, 0.2) is 23.7 Å². The van der Waals surface area contributed by atoms with Crippen molar-refractivity contribution in [3.8, 4) is 10.7 Å². The first kappa shape index (κ1) is 9.12. The first-order valence-electron chi connectivity index (χ1n) is 5.25. The molecule has 2 N–H and O–H groups in total. The highest BCUT2D eigenvalue weighted by Crippen LogP contribution is 2.26. The number of rotatable bonds is 2. The van der Waals surface area contributed by atoms with Gasteiger partial charge in [0, 0.05) is 6.04 Å². The fourth-order valence-electron chi connectivity index (χ4n) is 2.00. The lowest BCUT2D eigenvalue weighted by atomic mass is 10.2. The van der Waals surface area contributed by atoms with Crippen LogP contribution in [0.5, 0.6) is 0 Å². The highest BCUT2D eigenvalue weighted by atomic mass is 32.1. The molecule has 0 amide bonds. The maximum atomic E-state index is 4.42. The summed E-state index contributed by atoms with van der Waals surface area (Å²) in [6.07, 6.45) is 4.43. The number of aromatic amines is 1. The SMILES string of the molecule is c1csc(-c2ncc(C3CCCN3)[nH]2)c1. The van der Waals surface area contributed by atoms with Crippen molar-refractivity contribution in [3.05, 3.63) is 29.4 Å². The molecule has 0 saturated carbocycles. The molecule has 15 heavy (non-hydrogen) atoms. The van der Waals surface area contributed by atoms with Crippen LogP contribution in [0.1, 0.15) is 24.6 Å². The topological polar surface area (TPSA) is 40.7 Å². The smallest absolute Gasteiger partial charge is 0.147 e. The van der Waals surface area contributed by atoms with E-state index in [1.807, 2.05) is 6.20 Å². The first-order valence-corrected chi connectivity index (χ1v) is 6.13. The monoisotopic (exact) mass is 219 g/mol. The zero-order valence-corrected chi connectivity index (χ0v) is 9.18. The van der Waals surface area contributed by atoms with Crippen LogP contribution in [-0.4, -0.2) is 16.5 Å². The molecule has 1 fully saturated rings. The summed E-state index contributed by atoms with van der Waals surface area (Å²) in [5.41, 5.74) is 1.22. The Labute approximate surface area is 92.6 Å². The van der Waals surface area contributed by atoms with Crippen LogP contribution in [0, 0.1) is 0 Å². The lowest BCUT2D eigenvalue weighted by Gasteiger charge is -2.05. The Balaban J connectivity index is 1.87. The molecule has 3 heterocycles. The molecule has 3 nitrogen and oxygen atoms in total. The largest absolute Gasteiger partial charge is 0.340 e. The number of imidazole rings is 1. The summed E-state index contributed by atoms with van der Waals surface area (Å²) in [6.45, 7) is 1.12. The van der Waals surface area contributed by atoms with Gasteiger partial charge in [-0.25, -0.2) is 4.98 Å². The molecule has 0 radical (unpaired) electrons. The summed E-state index contributed by atoms with van der Waals surface area (Å²) in [4.78, 5) is 9.02. The molecule has 1 aliphatic rings. The third-order valence-corrected chi connectivity index (χ3v) is 3.66. The number of thiophene rings is 1. The Morgan fingerprint density at radius 1 is 1.47 bits per heavy atom. The van der Waals surface area contributed by atoms with E-state index in [1.54, 1.807) is 11.3 Å². The number of nitrogens with zero attached hydrogens (tertiary/aromatic N) is 1. The van der Waals surface area contributed by atoms with Crippen LogP contribution >= 0.6 is 11.3 Å². The van der Waals surface area contributed by atoms with Crippen molar-refractivity contribution in [3.63, 3.8) is 0 Å². The molecule has 78 valence electrons. The Morgan fingerprint density at radius 3 is 3.20 bits per heavy atom. The zero-order valence-electron chi connectivity index (χ0n) is 8.36. The van der Waals surface area contributed by atoms with Crippen LogP contribution in [0.4, 0.5) is 0 Å². The minimum absolute atomic E-state index is 0.478. The molecular formula is C11H13N3S. The normalized spacial score (nSPS) is 20.9. The molecule has 1 aliphatic heterocycles. The van der Waals surface area contributed by atoms with Gasteiger partial charge in [0.05, 0.1) is 16.8 Å². The van der Waals surface area contributed by atoms with E-state index in [9.17, 15) is 0 Å². The summed E-state index contributed by atoms with van der Waals surface area (Å²) >= 11 is 1.72. The minimum Gasteiger partial charge on any atom is -0.340 e. The molecule has 1 atom stereocenters. The van der Waals surface area contributed by atoms with E-state index in [0.29, 0.717) is 6.04 Å². The van der Waals surface area contributed by atoms with E-state index in [1.165, 1.54) is 23.4 Å². The minimum atomic E-state index is 0.478. The van der Waals surface area contributed by atoms with Gasteiger partial charge in [0.25, 0.3) is 0 Å². The lowest BCUT2D eigenvalue weighted by Crippen LogP contribution is -2.12. The Bertz CT molecular complexity index is 426. The van der Waals surface area contributed by atoms with Crippen LogP contribution in [0.25, 0.3) is 10.7 Å². The molecule has 1 saturated heterocycles. The number of hydrogen-bond acceptors (Lipinski definition) is 3. The summed E-state index contributed by atoms with van der Waals surface area (Å²) in [7, 11) is 0. The molecule has 0 bridgehead atoms. The van der Waals surface area contributed by atoms with Gasteiger partial charge in [0.2, 0.25) is 0 Å². The molecule has 2 aromatic heterocycles. The van der Waals surface area contributed by atoms with Gasteiger partial charge in [-0.1, -0.05) is 6.07 Å². The fraction of sp³-hybridized carbons (Fsp3) is 0.364. The van der Waals surface area contributed by atoms with E-state index in [0.717, 1.165) is 12.4 Å². The van der Waals surface area contributed by atoms with Crippen molar-refractivity contribution in [2.75, 3.05) is 6.54 Å². The van der Waals surface area contributed by atoms with Crippen LogP contribution in [0.3, 0.4) is 0 Å². The van der Waals surface area contributed by atoms with Gasteiger partial charge in [-0.3, -0.25) is 0 Å². The standard InChI is InChI=1S/C11H13N3S/c1-3-8(12-5-1)9-7-13-11(14-9)10-4-2-6-15-10/h2,4,6-8,12H,1,3,5H2,(H,13,14). The van der Waals surface area contributed by atoms with Crippen molar-refractivity contribution < 1.29 is 0 Å². The Hall–Kier alpha value is -1.13. The van der Waals surface area contributed by atoms with Gasteiger partial charge in [-0.15, -0.1) is 11.3 Å². The van der Waals surface area contributed by atoms with E-state index in [2.05, 4.69) is 32.8 Å². The average molecular weight is 219 g/mol. The number of nitrogens with one attached hydrogen (secondary N) is 2. The zero-order chi connectivity index (χ0) is 10.1. The summed E-state index contributed by atoms with van der Waals surface area (Å²) in [5, 5.41) is 5.54. The average Bonchev–Trinajstić information content (AvgIpc) is 3.02. The third-order valence-electron chi connectivity index (χ3n) is 2.79. The summed E-state index contributed by atoms with van der Waals surface area (Å²) in [5.74, 6) is 0.994. The van der Waals surface area contributed by atoms with Crippen LogP contribution in [0.2, 0.25) is 0 Å². The second-order valence-electron chi connectivity index (χ2n) is 3.81. The maximum Gasteiger partial charge on any atom is 0.147 e. The summed E-state index contributed by atoms with van der Waals surface area (Å²) in [6, 6.07) is 4.62. The Kier molecular flexibility index (Phi) is 2.31. The molecule has 0 aromatic carbocycles. The van der Waals surface area contributed by atoms with Crippen LogP contribution < -0.4 is 5.32 Å². The number of aromatic nitrogens is 2. The molecule has 1 unspecified atom stereocenters. The van der Waals surface area contributed by atoms with Gasteiger partial charge in [0.1, 0.15) is 5.82 Å². The number of hydrogen-bond donors (Lipinski definition) is 2. The second-order valence-corrected chi connectivity index (χ2v) is 4.76. The van der Waals surface area contributed by atoms with E-state index in [-0.39, 0.29) is 0 Å². The number of H-pyrrole nitrogens is 1. The first-order chi connectivity index (χ1) is 7.43. The molecule has 4 heteroatoms. The fourth-order valence-corrected chi connectivity index (χ4v) is 2.68. The maximum absolute atomic E-state index is 4.42. The molecule has 3 rings (SSSR count). The van der Waals surface area contributed by atoms with Gasteiger partial charge < -0.3 is 10.3 Å². The van der Waals surface area contributed by atoms with Gasteiger partial charge >= 0.3 is 0 Å². The molecule has 0 spiro atoms. The Morgan fingerprint density at radius 2 is 2.47 bits per heavy atom. The van der Waals surface area contributed by atoms with Gasteiger partial charge in [-0.05, 0) is 30.8 Å². The van der Waals surface area contributed by atoms with E-state index < -0.39 is 0 Å². The predicted octanol–water partition coefficient (Wildman–Crippen LogP) is 2.56. The van der Waals surface area contributed by atoms with E-state index >= 15 is 0 Å². The van der Waals surface area contributed by atoms with Crippen molar-refractivity contribution in [1.82, 2.24) is 15.3 Å². The van der Waals surface area contributed by atoms with Crippen LogP contribution in [-0.2, 0) is 0 Å². The van der Waals surface area contributed by atoms with Crippen molar-refractivity contribution >= 4 is 11.3 Å². The summed E-state index contributed by atoms with van der Waals surface area (Å²) < 4.78 is 0. The highest BCUT2D eigenvalue weighted by molar-refractivity contribution is 7.13. The van der Waals surface area contributed by atoms with Gasteiger partial charge in [-0.2, -0.15) is 0 Å². The lowest BCUT2D eigenvalue weighted by molar-refractivity contribution is 0.632. The molecule has 2 aromatic rings. The van der Waals surface area contributed by atoms with Gasteiger partial charge in [0.15, 0.2) is 0 Å². The van der Waals surface area contributed by atoms with Crippen molar-refractivity contribution in [2.45, 2.75) is 18.9 Å². The molecular weight excluding hydrogens is 206 g/mol. The highest BCUT2D eigenvalue weighted by Gasteiger charge is 2.18. The van der Waals surface area contributed by atoms with Crippen molar-refractivity contribution in [1.29, 1.82) is 0 Å². The predicted molar refractivity (Wildman–Crippen MR) is 61.9 cm³/mol. The van der Waals surface area contributed by atoms with Crippen molar-refractivity contribution in [2.24, 2.45) is 0 Å². The third kappa shape index (κ3) is 1.70. The molecule has 0 aliphatic carbocycles.